The molecule has 21 heavy (non-hydrogen) atoms. The van der Waals surface area contributed by atoms with Crippen LogP contribution in [-0.2, 0) is 9.05 Å². The van der Waals surface area contributed by atoms with Crippen LogP contribution in [-0.4, -0.2) is 36.4 Å². The highest BCUT2D eigenvalue weighted by molar-refractivity contribution is 8.14. The normalized spacial score (nSPS) is 26.0. The van der Waals surface area contributed by atoms with Crippen LogP contribution in [0, 0.1) is 0 Å². The van der Waals surface area contributed by atoms with Crippen LogP contribution in [0.3, 0.4) is 0 Å². The number of carbonyl (C=O) groups excluding carboxylic acids is 2. The minimum atomic E-state index is -3.57. The first-order valence-electron chi connectivity index (χ1n) is 6.80. The van der Waals surface area contributed by atoms with Gasteiger partial charge in [0.2, 0.25) is 9.05 Å². The van der Waals surface area contributed by atoms with Crippen molar-refractivity contribution in [1.29, 1.82) is 0 Å². The van der Waals surface area contributed by atoms with Crippen molar-refractivity contribution in [3.05, 3.63) is 35.4 Å². The number of benzene rings is 1. The second-order valence-electron chi connectivity index (χ2n) is 5.43. The number of rotatable bonds is 2. The average Bonchev–Trinajstić information content (AvgIpc) is 2.71. The summed E-state index contributed by atoms with van der Waals surface area (Å²) in [4.78, 5) is 26.0. The van der Waals surface area contributed by atoms with E-state index in [1.165, 1.54) is 4.90 Å². The van der Waals surface area contributed by atoms with Crippen molar-refractivity contribution < 1.29 is 18.0 Å². The van der Waals surface area contributed by atoms with Crippen LogP contribution < -0.4 is 0 Å². The third kappa shape index (κ3) is 2.46. The summed E-state index contributed by atoms with van der Waals surface area (Å²) >= 11 is 0. The van der Waals surface area contributed by atoms with E-state index in [4.69, 9.17) is 10.7 Å². The van der Waals surface area contributed by atoms with Crippen LogP contribution >= 0.6 is 10.7 Å². The van der Waals surface area contributed by atoms with Gasteiger partial charge in [0.25, 0.3) is 11.8 Å². The molecule has 1 aliphatic heterocycles. The molecule has 0 N–H and O–H groups in total. The zero-order valence-corrected chi connectivity index (χ0v) is 12.7. The van der Waals surface area contributed by atoms with E-state index in [0.29, 0.717) is 36.8 Å². The lowest BCUT2D eigenvalue weighted by molar-refractivity contribution is 0.0550. The second-order valence-corrected chi connectivity index (χ2v) is 8.34. The van der Waals surface area contributed by atoms with E-state index in [9.17, 15) is 18.0 Å². The minimum absolute atomic E-state index is 0.243. The van der Waals surface area contributed by atoms with E-state index in [0.717, 1.165) is 0 Å². The van der Waals surface area contributed by atoms with Crippen molar-refractivity contribution in [3.63, 3.8) is 0 Å². The van der Waals surface area contributed by atoms with Crippen molar-refractivity contribution in [2.75, 3.05) is 0 Å². The lowest BCUT2D eigenvalue weighted by Crippen LogP contribution is -2.43. The number of fused-ring (bicyclic) bond motifs is 1. The van der Waals surface area contributed by atoms with Gasteiger partial charge < -0.3 is 0 Å². The quantitative estimate of drug-likeness (QED) is 0.616. The van der Waals surface area contributed by atoms with Gasteiger partial charge in [-0.2, -0.15) is 0 Å². The molecule has 2 aliphatic rings. The van der Waals surface area contributed by atoms with Crippen LogP contribution in [0.5, 0.6) is 0 Å². The maximum Gasteiger partial charge on any atom is 0.261 e. The van der Waals surface area contributed by atoms with Crippen molar-refractivity contribution >= 4 is 31.5 Å². The lowest BCUT2D eigenvalue weighted by Gasteiger charge is -2.32. The van der Waals surface area contributed by atoms with Gasteiger partial charge in [-0.25, -0.2) is 8.42 Å². The monoisotopic (exact) mass is 327 g/mol. The zero-order chi connectivity index (χ0) is 15.2. The third-order valence-corrected chi connectivity index (χ3v) is 6.26. The highest BCUT2D eigenvalue weighted by atomic mass is 35.7. The van der Waals surface area contributed by atoms with Gasteiger partial charge in [-0.1, -0.05) is 12.1 Å². The Labute approximate surface area is 127 Å². The van der Waals surface area contributed by atoms with Crippen molar-refractivity contribution in [1.82, 2.24) is 4.90 Å². The van der Waals surface area contributed by atoms with Gasteiger partial charge in [-0.05, 0) is 37.8 Å². The molecule has 0 atom stereocenters. The smallest absolute Gasteiger partial charge is 0.261 e. The fourth-order valence-corrected chi connectivity index (χ4v) is 4.49. The van der Waals surface area contributed by atoms with Crippen LogP contribution in [0.4, 0.5) is 0 Å². The molecular formula is C14H14ClNO4S. The number of amides is 2. The minimum Gasteiger partial charge on any atom is -0.271 e. The molecule has 7 heteroatoms. The lowest BCUT2D eigenvalue weighted by atomic mass is 9.94. The number of nitrogens with zero attached hydrogens (tertiary/aromatic N) is 1. The molecule has 1 aromatic rings. The first kappa shape index (κ1) is 14.5. The first-order chi connectivity index (χ1) is 9.89. The largest absolute Gasteiger partial charge is 0.271 e. The van der Waals surface area contributed by atoms with E-state index >= 15 is 0 Å². The summed E-state index contributed by atoms with van der Waals surface area (Å²) < 4.78 is 22.7. The summed E-state index contributed by atoms with van der Waals surface area (Å²) in [6.45, 7) is 0. The zero-order valence-electron chi connectivity index (χ0n) is 11.2. The number of hydrogen-bond acceptors (Lipinski definition) is 4. The third-order valence-electron chi connectivity index (χ3n) is 4.23. The Kier molecular flexibility index (Phi) is 3.53. The van der Waals surface area contributed by atoms with Gasteiger partial charge in [0.1, 0.15) is 0 Å². The molecule has 0 bridgehead atoms. The highest BCUT2D eigenvalue weighted by Gasteiger charge is 2.42. The van der Waals surface area contributed by atoms with Gasteiger partial charge in [-0.3, -0.25) is 14.5 Å². The average molecular weight is 328 g/mol. The Hall–Kier alpha value is -1.40. The number of halogens is 1. The van der Waals surface area contributed by atoms with Gasteiger partial charge in [0, 0.05) is 16.7 Å². The molecule has 0 spiro atoms. The molecule has 3 rings (SSSR count). The molecule has 1 heterocycles. The van der Waals surface area contributed by atoms with Gasteiger partial charge in [0.15, 0.2) is 0 Å². The maximum absolute atomic E-state index is 12.3. The van der Waals surface area contributed by atoms with Gasteiger partial charge >= 0.3 is 0 Å². The van der Waals surface area contributed by atoms with E-state index in [1.54, 1.807) is 24.3 Å². The summed E-state index contributed by atoms with van der Waals surface area (Å²) in [7, 11) is 1.80. The summed E-state index contributed by atoms with van der Waals surface area (Å²) in [5, 5.41) is -0.578. The molecule has 1 saturated carbocycles. The van der Waals surface area contributed by atoms with E-state index in [-0.39, 0.29) is 17.9 Å². The Balaban J connectivity index is 1.79. The summed E-state index contributed by atoms with van der Waals surface area (Å²) in [5.74, 6) is -0.569. The van der Waals surface area contributed by atoms with E-state index < -0.39 is 14.3 Å². The van der Waals surface area contributed by atoms with Crippen molar-refractivity contribution in [2.24, 2.45) is 0 Å². The van der Waals surface area contributed by atoms with Crippen molar-refractivity contribution in [3.8, 4) is 0 Å². The number of imide groups is 1. The molecule has 112 valence electrons. The second kappa shape index (κ2) is 5.10. The molecule has 2 amide bonds. The predicted molar refractivity (Wildman–Crippen MR) is 77.8 cm³/mol. The predicted octanol–water partition coefficient (Wildman–Crippen LogP) is 2.16. The summed E-state index contributed by atoms with van der Waals surface area (Å²) in [6.07, 6.45) is 1.71. The Morgan fingerprint density at radius 1 is 0.952 bits per heavy atom. The fourth-order valence-electron chi connectivity index (χ4n) is 3.12. The summed E-state index contributed by atoms with van der Waals surface area (Å²) in [6, 6.07) is 6.50. The van der Waals surface area contributed by atoms with Crippen molar-refractivity contribution in [2.45, 2.75) is 37.0 Å². The van der Waals surface area contributed by atoms with E-state index in [2.05, 4.69) is 0 Å². The van der Waals surface area contributed by atoms with Gasteiger partial charge in [0.05, 0.1) is 16.4 Å². The molecular weight excluding hydrogens is 314 g/mol. The standard InChI is InChI=1S/C14H14ClNO4S/c15-21(19,20)10-7-5-9(6-8-10)16-13(17)11-3-1-2-4-12(11)14(16)18/h1-4,9-10H,5-8H2. The van der Waals surface area contributed by atoms with Crippen LogP contribution in [0.15, 0.2) is 24.3 Å². The number of hydrogen-bond donors (Lipinski definition) is 0. The van der Waals surface area contributed by atoms with Crippen LogP contribution in [0.2, 0.25) is 0 Å². The fraction of sp³-hybridized carbons (Fsp3) is 0.429. The first-order valence-corrected chi connectivity index (χ1v) is 9.17. The molecule has 1 aliphatic carbocycles. The van der Waals surface area contributed by atoms with Crippen LogP contribution in [0.25, 0.3) is 0 Å². The Morgan fingerprint density at radius 3 is 1.86 bits per heavy atom. The maximum atomic E-state index is 12.3. The van der Waals surface area contributed by atoms with Gasteiger partial charge in [-0.15, -0.1) is 0 Å². The molecule has 0 radical (unpaired) electrons. The highest BCUT2D eigenvalue weighted by Crippen LogP contribution is 2.33. The molecule has 0 unspecified atom stereocenters. The SMILES string of the molecule is O=C1c2ccccc2C(=O)N1C1CCC(S(=O)(=O)Cl)CC1. The molecule has 5 nitrogen and oxygen atoms in total. The molecule has 1 aromatic carbocycles. The Bertz CT molecular complexity index is 672. The van der Waals surface area contributed by atoms with Crippen LogP contribution in [0.1, 0.15) is 46.4 Å². The number of carbonyl (C=O) groups is 2. The topological polar surface area (TPSA) is 71.5 Å². The molecule has 0 aromatic heterocycles. The molecule has 0 saturated heterocycles. The van der Waals surface area contributed by atoms with E-state index in [1.807, 2.05) is 0 Å². The Morgan fingerprint density at radius 2 is 1.43 bits per heavy atom. The molecule has 1 fully saturated rings. The summed E-state index contributed by atoms with van der Waals surface area (Å²) in [5.41, 5.74) is 0.851.